The number of aldehydes is 2. The van der Waals surface area contributed by atoms with Gasteiger partial charge in [0.15, 0.2) is 0 Å². The van der Waals surface area contributed by atoms with Gasteiger partial charge in [-0.1, -0.05) is 176 Å². The Morgan fingerprint density at radius 1 is 0.525 bits per heavy atom. The molecule has 352 valence electrons. The van der Waals surface area contributed by atoms with Gasteiger partial charge < -0.3 is 29.3 Å². The number of rotatable bonds is 43. The van der Waals surface area contributed by atoms with Crippen LogP contribution in [0.4, 0.5) is 0 Å². The lowest BCUT2D eigenvalue weighted by Gasteiger charge is -2.22. The summed E-state index contributed by atoms with van der Waals surface area (Å²) in [5.74, 6) is 2.07. The average Bonchev–Trinajstić information content (AvgIpc) is 4.00. The van der Waals surface area contributed by atoms with Crippen LogP contribution in [0.25, 0.3) is 0 Å². The number of methoxy groups -OCH3 is 2. The minimum atomic E-state index is -0.0760. The van der Waals surface area contributed by atoms with Gasteiger partial charge in [-0.2, -0.15) is 0 Å². The molecule has 0 heterocycles. The molecule has 0 unspecified atom stereocenters. The third-order valence-electron chi connectivity index (χ3n) is 12.4. The third kappa shape index (κ3) is 43.1. The molecular formula is C52H104N2O5. The zero-order valence-corrected chi connectivity index (χ0v) is 40.9. The maximum absolute atomic E-state index is 12.0. The first-order valence-electron chi connectivity index (χ1n) is 25.7. The number of hydrogen-bond acceptors (Lipinski definition) is 6. The molecule has 1 saturated carbocycles. The molecular weight excluding hydrogens is 733 g/mol. The minimum Gasteiger partial charge on any atom is -0.385 e. The van der Waals surface area contributed by atoms with Gasteiger partial charge in [0.05, 0.1) is 0 Å². The van der Waals surface area contributed by atoms with E-state index in [-0.39, 0.29) is 11.3 Å². The van der Waals surface area contributed by atoms with Crippen LogP contribution in [0.3, 0.4) is 0 Å². The van der Waals surface area contributed by atoms with E-state index < -0.39 is 0 Å². The van der Waals surface area contributed by atoms with E-state index in [2.05, 4.69) is 44.8 Å². The van der Waals surface area contributed by atoms with Crippen LogP contribution in [0.15, 0.2) is 0 Å². The molecule has 0 aromatic rings. The highest BCUT2D eigenvalue weighted by Crippen LogP contribution is 2.44. The topological polar surface area (TPSA) is 84.9 Å². The van der Waals surface area contributed by atoms with E-state index in [1.54, 1.807) is 0 Å². The summed E-state index contributed by atoms with van der Waals surface area (Å²) in [6, 6.07) is 0. The van der Waals surface area contributed by atoms with Crippen LogP contribution in [0.5, 0.6) is 0 Å². The highest BCUT2D eigenvalue weighted by Gasteiger charge is 2.44. The Labute approximate surface area is 368 Å². The predicted molar refractivity (Wildman–Crippen MR) is 255 cm³/mol. The van der Waals surface area contributed by atoms with Gasteiger partial charge in [0.25, 0.3) is 0 Å². The lowest BCUT2D eigenvalue weighted by Crippen LogP contribution is -2.34. The van der Waals surface area contributed by atoms with Crippen molar-refractivity contribution in [1.82, 2.24) is 10.2 Å². The Bertz CT molecular complexity index is 796. The molecule has 59 heavy (non-hydrogen) atoms. The van der Waals surface area contributed by atoms with E-state index in [0.717, 1.165) is 109 Å². The smallest absolute Gasteiger partial charge is 0.225 e. The van der Waals surface area contributed by atoms with Crippen LogP contribution in [0.2, 0.25) is 0 Å². The summed E-state index contributed by atoms with van der Waals surface area (Å²) < 4.78 is 10.4. The van der Waals surface area contributed by atoms with Crippen molar-refractivity contribution < 1.29 is 23.9 Å². The summed E-state index contributed by atoms with van der Waals surface area (Å²) in [6.45, 7) is 17.2. The van der Waals surface area contributed by atoms with Crippen molar-refractivity contribution in [1.29, 1.82) is 0 Å². The summed E-state index contributed by atoms with van der Waals surface area (Å²) >= 11 is 0. The summed E-state index contributed by atoms with van der Waals surface area (Å²) in [6.07, 6.45) is 43.0. The van der Waals surface area contributed by atoms with Gasteiger partial charge in [0.2, 0.25) is 5.91 Å². The lowest BCUT2D eigenvalue weighted by molar-refractivity contribution is -0.125. The van der Waals surface area contributed by atoms with E-state index in [0.29, 0.717) is 12.8 Å². The molecule has 0 saturated heterocycles. The molecule has 0 spiro atoms. The predicted octanol–water partition coefficient (Wildman–Crippen LogP) is 14.3. The molecule has 0 aromatic heterocycles. The first kappa shape index (κ1) is 59.8. The van der Waals surface area contributed by atoms with E-state index in [1.807, 2.05) is 14.2 Å². The maximum atomic E-state index is 12.0. The highest BCUT2D eigenvalue weighted by molar-refractivity contribution is 5.84. The van der Waals surface area contributed by atoms with Crippen LogP contribution >= 0.6 is 0 Å². The minimum absolute atomic E-state index is 0.0760. The Hall–Kier alpha value is -1.31. The Balaban J connectivity index is 0. The number of carbonyl (C=O) groups excluding carboxylic acids is 3. The van der Waals surface area contributed by atoms with Gasteiger partial charge in [0.1, 0.15) is 12.6 Å². The highest BCUT2D eigenvalue weighted by atomic mass is 16.5. The second kappa shape index (κ2) is 47.7. The van der Waals surface area contributed by atoms with Gasteiger partial charge in [0, 0.05) is 52.2 Å². The monoisotopic (exact) mass is 837 g/mol. The second-order valence-electron chi connectivity index (χ2n) is 18.2. The van der Waals surface area contributed by atoms with Crippen molar-refractivity contribution in [2.24, 2.45) is 17.3 Å². The normalized spacial score (nSPS) is 12.9. The molecule has 1 aliphatic carbocycles. The van der Waals surface area contributed by atoms with E-state index in [4.69, 9.17) is 9.47 Å². The summed E-state index contributed by atoms with van der Waals surface area (Å²) in [7, 11) is 3.63. The summed E-state index contributed by atoms with van der Waals surface area (Å²) in [5, 5.41) is 3.11. The van der Waals surface area contributed by atoms with E-state index in [9.17, 15) is 14.4 Å². The number of carbonyl (C=O) groups is 3. The van der Waals surface area contributed by atoms with Crippen LogP contribution in [0.1, 0.15) is 247 Å². The Morgan fingerprint density at radius 2 is 0.881 bits per heavy atom. The molecule has 1 N–H and O–H groups in total. The lowest BCUT2D eigenvalue weighted by atomic mass is 9.92. The molecule has 1 rings (SSSR count). The molecule has 0 aromatic carbocycles. The molecule has 1 amide bonds. The van der Waals surface area contributed by atoms with Crippen molar-refractivity contribution in [3.63, 3.8) is 0 Å². The standard InChI is InChI=1S/C24H44N2O3.2C14H30O/c1-24(15-16-24)23(29)25-17-14-20-26(18-10-6-2-4-8-12-21-27)19-11-7-3-5-9-13-22-28;2*1-4-6-8-10-14(12-13-15-3)11-9-7-5-2/h21-22H,2-20H2,1H3,(H,25,29);2*14H,4-13H2,1-3H3. The van der Waals surface area contributed by atoms with Gasteiger partial charge >= 0.3 is 0 Å². The fourth-order valence-electron chi connectivity index (χ4n) is 7.82. The van der Waals surface area contributed by atoms with Crippen molar-refractivity contribution in [2.75, 3.05) is 53.6 Å². The number of unbranched alkanes of at least 4 members (excludes halogenated alkanes) is 18. The first-order chi connectivity index (χ1) is 28.8. The zero-order valence-electron chi connectivity index (χ0n) is 40.9. The van der Waals surface area contributed by atoms with Gasteiger partial charge in [-0.15, -0.1) is 0 Å². The van der Waals surface area contributed by atoms with Crippen molar-refractivity contribution in [3.8, 4) is 0 Å². The van der Waals surface area contributed by atoms with Crippen LogP contribution < -0.4 is 5.32 Å². The molecule has 1 fully saturated rings. The van der Waals surface area contributed by atoms with Crippen molar-refractivity contribution in [2.45, 2.75) is 247 Å². The quantitative estimate of drug-likeness (QED) is 0.0486. The molecule has 7 nitrogen and oxygen atoms in total. The largest absolute Gasteiger partial charge is 0.385 e. The van der Waals surface area contributed by atoms with E-state index in [1.165, 1.54) is 154 Å². The van der Waals surface area contributed by atoms with Crippen LogP contribution in [-0.2, 0) is 23.9 Å². The van der Waals surface area contributed by atoms with Gasteiger partial charge in [-0.3, -0.25) is 4.79 Å². The van der Waals surface area contributed by atoms with Crippen molar-refractivity contribution in [3.05, 3.63) is 0 Å². The fraction of sp³-hybridized carbons (Fsp3) is 0.942. The SMILES string of the molecule is CC1(C(=O)NCCCN(CCCCCCCC=O)CCCCCCCC=O)CC1.CCCCCC(CCCCC)CCOC.CCCCCC(CCCCC)CCOC. The van der Waals surface area contributed by atoms with E-state index >= 15 is 0 Å². The number of nitrogens with one attached hydrogen (secondary N) is 1. The second-order valence-corrected chi connectivity index (χ2v) is 18.2. The molecule has 0 radical (unpaired) electrons. The molecule has 1 aliphatic rings. The number of hydrogen-bond donors (Lipinski definition) is 1. The zero-order chi connectivity index (χ0) is 43.9. The first-order valence-corrected chi connectivity index (χ1v) is 25.7. The number of nitrogens with zero attached hydrogens (tertiary/aromatic N) is 1. The molecule has 0 bridgehead atoms. The third-order valence-corrected chi connectivity index (χ3v) is 12.4. The molecule has 7 heteroatoms. The number of amides is 1. The molecule has 0 atom stereocenters. The van der Waals surface area contributed by atoms with Gasteiger partial charge in [-0.25, -0.2) is 0 Å². The number of ether oxygens (including phenoxy) is 2. The summed E-state index contributed by atoms with van der Waals surface area (Å²) in [4.78, 5) is 35.3. The summed E-state index contributed by atoms with van der Waals surface area (Å²) in [5.41, 5.74) is -0.0760. The Morgan fingerprint density at radius 3 is 1.22 bits per heavy atom. The molecule has 0 aliphatic heterocycles. The van der Waals surface area contributed by atoms with Crippen molar-refractivity contribution >= 4 is 18.5 Å². The Kier molecular flexibility index (Phi) is 48.4. The van der Waals surface area contributed by atoms with Crippen LogP contribution in [-0.4, -0.2) is 77.0 Å². The van der Waals surface area contributed by atoms with Gasteiger partial charge in [-0.05, 0) is 89.3 Å². The van der Waals surface area contributed by atoms with Crippen LogP contribution in [0, 0.1) is 17.3 Å². The maximum Gasteiger partial charge on any atom is 0.225 e. The average molecular weight is 837 g/mol. The fourth-order valence-corrected chi connectivity index (χ4v) is 7.82.